The number of carbonyl (C=O) groups is 4. The summed E-state index contributed by atoms with van der Waals surface area (Å²) in [6.07, 6.45) is 1.23. The monoisotopic (exact) mass is 432 g/mol. The Labute approximate surface area is 185 Å². The van der Waals surface area contributed by atoms with Gasteiger partial charge >= 0.3 is 0 Å². The number of amides is 4. The van der Waals surface area contributed by atoms with Gasteiger partial charge in [0, 0.05) is 25.6 Å². The molecule has 3 aliphatic heterocycles. The second-order valence-electron chi connectivity index (χ2n) is 8.60. The molecule has 8 nitrogen and oxygen atoms in total. The second-order valence-corrected chi connectivity index (χ2v) is 8.60. The van der Waals surface area contributed by atoms with E-state index in [0.29, 0.717) is 23.7 Å². The van der Waals surface area contributed by atoms with Gasteiger partial charge < -0.3 is 10.2 Å². The Balaban J connectivity index is 1.41. The molecule has 164 valence electrons. The summed E-state index contributed by atoms with van der Waals surface area (Å²) in [5.74, 6) is -1.94. The van der Waals surface area contributed by atoms with E-state index in [1.807, 2.05) is 18.2 Å². The van der Waals surface area contributed by atoms with Crippen molar-refractivity contribution in [2.75, 3.05) is 16.8 Å². The average molecular weight is 432 g/mol. The van der Waals surface area contributed by atoms with Crippen LogP contribution in [0.25, 0.3) is 0 Å². The number of rotatable bonds is 3. The Morgan fingerprint density at radius 2 is 1.75 bits per heavy atom. The molecule has 2 aromatic carbocycles. The van der Waals surface area contributed by atoms with Gasteiger partial charge in [0.15, 0.2) is 0 Å². The number of piperidine rings is 1. The SMILES string of the molecule is CC1CCN(Cc2ccc3c(c2)C(=O)N(C2CCC(=O)NC2=O)C3=O)c2ccccc2N1. The zero-order valence-electron chi connectivity index (χ0n) is 17.8. The number of hydrogen-bond acceptors (Lipinski definition) is 6. The minimum atomic E-state index is -0.950. The van der Waals surface area contributed by atoms with Crippen molar-refractivity contribution in [3.63, 3.8) is 0 Å². The molecule has 0 saturated carbocycles. The first-order chi connectivity index (χ1) is 15.4. The Morgan fingerprint density at radius 3 is 2.56 bits per heavy atom. The maximum atomic E-state index is 13.1. The molecule has 5 rings (SSSR count). The van der Waals surface area contributed by atoms with Crippen LogP contribution in [-0.4, -0.2) is 47.2 Å². The lowest BCUT2D eigenvalue weighted by atomic mass is 10.0. The zero-order chi connectivity index (χ0) is 22.4. The lowest BCUT2D eigenvalue weighted by molar-refractivity contribution is -0.136. The number of para-hydroxylation sites is 2. The third-order valence-electron chi connectivity index (χ3n) is 6.36. The van der Waals surface area contributed by atoms with Crippen LogP contribution in [-0.2, 0) is 16.1 Å². The van der Waals surface area contributed by atoms with E-state index in [4.69, 9.17) is 0 Å². The molecule has 4 amide bonds. The molecule has 2 N–H and O–H groups in total. The van der Waals surface area contributed by atoms with Gasteiger partial charge in [0.1, 0.15) is 6.04 Å². The average Bonchev–Trinajstić information content (AvgIpc) is 2.91. The first-order valence-corrected chi connectivity index (χ1v) is 10.9. The molecule has 0 spiro atoms. The van der Waals surface area contributed by atoms with Crippen LogP contribution in [0.2, 0.25) is 0 Å². The lowest BCUT2D eigenvalue weighted by Gasteiger charge is -2.27. The van der Waals surface area contributed by atoms with Crippen LogP contribution in [0.1, 0.15) is 52.5 Å². The van der Waals surface area contributed by atoms with Crippen molar-refractivity contribution in [2.24, 2.45) is 0 Å². The summed E-state index contributed by atoms with van der Waals surface area (Å²) in [6, 6.07) is 12.8. The van der Waals surface area contributed by atoms with Crippen LogP contribution in [0.3, 0.4) is 0 Å². The predicted octanol–water partition coefficient (Wildman–Crippen LogP) is 2.30. The number of imide groups is 2. The fraction of sp³-hybridized carbons (Fsp3) is 0.333. The standard InChI is InChI=1S/C24H24N4O4/c1-14-10-11-27(19-5-3-2-4-18(19)25-14)13-15-6-7-16-17(12-15)24(32)28(23(16)31)20-8-9-21(29)26-22(20)30/h2-7,12,14,20,25H,8-11,13H2,1H3,(H,26,29,30). The summed E-state index contributed by atoms with van der Waals surface area (Å²) < 4.78 is 0. The summed E-state index contributed by atoms with van der Waals surface area (Å²) in [7, 11) is 0. The predicted molar refractivity (Wildman–Crippen MR) is 118 cm³/mol. The number of hydrogen-bond donors (Lipinski definition) is 2. The molecule has 0 aliphatic carbocycles. The summed E-state index contributed by atoms with van der Waals surface area (Å²) in [6.45, 7) is 3.61. The van der Waals surface area contributed by atoms with Crippen molar-refractivity contribution in [1.82, 2.24) is 10.2 Å². The van der Waals surface area contributed by atoms with E-state index >= 15 is 0 Å². The highest BCUT2D eigenvalue weighted by Crippen LogP contribution is 2.32. The van der Waals surface area contributed by atoms with Crippen LogP contribution >= 0.6 is 0 Å². The lowest BCUT2D eigenvalue weighted by Crippen LogP contribution is -2.54. The third-order valence-corrected chi connectivity index (χ3v) is 6.36. The summed E-state index contributed by atoms with van der Waals surface area (Å²) in [5.41, 5.74) is 3.71. The van der Waals surface area contributed by atoms with E-state index in [1.165, 1.54) is 0 Å². The zero-order valence-corrected chi connectivity index (χ0v) is 17.8. The molecule has 0 aromatic heterocycles. The molecule has 2 aromatic rings. The largest absolute Gasteiger partial charge is 0.381 e. The quantitative estimate of drug-likeness (QED) is 0.723. The Bertz CT molecular complexity index is 1140. The van der Waals surface area contributed by atoms with E-state index in [0.717, 1.165) is 34.8 Å². The smallest absolute Gasteiger partial charge is 0.262 e. The maximum absolute atomic E-state index is 13.1. The van der Waals surface area contributed by atoms with Gasteiger partial charge in [-0.2, -0.15) is 0 Å². The first-order valence-electron chi connectivity index (χ1n) is 10.9. The first kappa shape index (κ1) is 20.2. The normalized spacial score (nSPS) is 22.8. The van der Waals surface area contributed by atoms with Crippen molar-refractivity contribution in [3.8, 4) is 0 Å². The second kappa shape index (κ2) is 7.78. The van der Waals surface area contributed by atoms with Crippen molar-refractivity contribution < 1.29 is 19.2 Å². The van der Waals surface area contributed by atoms with Crippen LogP contribution in [0.4, 0.5) is 11.4 Å². The van der Waals surface area contributed by atoms with Crippen LogP contribution in [0.5, 0.6) is 0 Å². The molecule has 0 bridgehead atoms. The number of benzene rings is 2. The van der Waals surface area contributed by atoms with E-state index in [-0.39, 0.29) is 18.7 Å². The van der Waals surface area contributed by atoms with Gasteiger partial charge in [-0.15, -0.1) is 0 Å². The van der Waals surface area contributed by atoms with Gasteiger partial charge in [0.2, 0.25) is 11.8 Å². The van der Waals surface area contributed by atoms with Crippen molar-refractivity contribution in [3.05, 3.63) is 59.2 Å². The number of nitrogens with one attached hydrogen (secondary N) is 2. The Hall–Kier alpha value is -3.68. The molecule has 3 heterocycles. The van der Waals surface area contributed by atoms with Crippen molar-refractivity contribution in [1.29, 1.82) is 0 Å². The molecule has 0 radical (unpaired) electrons. The molecule has 1 saturated heterocycles. The molecule has 2 unspecified atom stereocenters. The molecule has 8 heteroatoms. The van der Waals surface area contributed by atoms with Crippen molar-refractivity contribution >= 4 is 35.0 Å². The highest BCUT2D eigenvalue weighted by atomic mass is 16.2. The Kier molecular flexibility index (Phi) is 4.92. The van der Waals surface area contributed by atoms with Crippen LogP contribution < -0.4 is 15.5 Å². The molecule has 1 fully saturated rings. The van der Waals surface area contributed by atoms with Gasteiger partial charge in [-0.3, -0.25) is 29.4 Å². The Morgan fingerprint density at radius 1 is 0.969 bits per heavy atom. The minimum absolute atomic E-state index is 0.107. The van der Waals surface area contributed by atoms with Crippen LogP contribution in [0.15, 0.2) is 42.5 Å². The molecule has 32 heavy (non-hydrogen) atoms. The fourth-order valence-corrected chi connectivity index (χ4v) is 4.68. The van der Waals surface area contributed by atoms with Crippen molar-refractivity contribution in [2.45, 2.75) is 44.8 Å². The van der Waals surface area contributed by atoms with Gasteiger partial charge in [0.25, 0.3) is 11.8 Å². The van der Waals surface area contributed by atoms with Gasteiger partial charge in [-0.25, -0.2) is 0 Å². The number of anilines is 2. The summed E-state index contributed by atoms with van der Waals surface area (Å²) in [4.78, 5) is 53.0. The topological polar surface area (TPSA) is 98.8 Å². The third kappa shape index (κ3) is 3.41. The summed E-state index contributed by atoms with van der Waals surface area (Å²) in [5, 5.41) is 5.76. The van der Waals surface area contributed by atoms with Gasteiger partial charge in [-0.05, 0) is 49.6 Å². The van der Waals surface area contributed by atoms with Crippen LogP contribution in [0, 0.1) is 0 Å². The van der Waals surface area contributed by atoms with Gasteiger partial charge in [-0.1, -0.05) is 18.2 Å². The summed E-state index contributed by atoms with van der Waals surface area (Å²) >= 11 is 0. The highest BCUT2D eigenvalue weighted by Gasteiger charge is 2.44. The van der Waals surface area contributed by atoms with E-state index in [1.54, 1.807) is 12.1 Å². The molecular weight excluding hydrogens is 408 g/mol. The van der Waals surface area contributed by atoms with E-state index in [2.05, 4.69) is 34.6 Å². The molecular formula is C24H24N4O4. The van der Waals surface area contributed by atoms with E-state index in [9.17, 15) is 19.2 Å². The van der Waals surface area contributed by atoms with E-state index < -0.39 is 23.8 Å². The minimum Gasteiger partial charge on any atom is -0.381 e. The maximum Gasteiger partial charge on any atom is 0.262 e. The highest BCUT2D eigenvalue weighted by molar-refractivity contribution is 6.23. The molecule has 3 aliphatic rings. The number of carbonyl (C=O) groups excluding carboxylic acids is 4. The fourth-order valence-electron chi connectivity index (χ4n) is 4.68. The number of fused-ring (bicyclic) bond motifs is 2. The van der Waals surface area contributed by atoms with Gasteiger partial charge in [0.05, 0.1) is 22.5 Å². The molecule has 2 atom stereocenters. The number of nitrogens with zero attached hydrogens (tertiary/aromatic N) is 2.